The van der Waals surface area contributed by atoms with Gasteiger partial charge in [-0.05, 0) is 38.3 Å². The van der Waals surface area contributed by atoms with Crippen LogP contribution in [-0.2, 0) is 20.9 Å². The Morgan fingerprint density at radius 1 is 1.40 bits per heavy atom. The van der Waals surface area contributed by atoms with E-state index < -0.39 is 12.1 Å². The molecule has 25 heavy (non-hydrogen) atoms. The van der Waals surface area contributed by atoms with Crippen LogP contribution in [0.4, 0.5) is 0 Å². The number of para-hydroxylation sites is 2. The molecule has 0 aliphatic heterocycles. The van der Waals surface area contributed by atoms with E-state index in [-0.39, 0.29) is 17.7 Å². The van der Waals surface area contributed by atoms with E-state index in [2.05, 4.69) is 21.8 Å². The molecule has 0 bridgehead atoms. The van der Waals surface area contributed by atoms with Crippen molar-refractivity contribution in [2.45, 2.75) is 57.0 Å². The molecule has 1 aliphatic carbocycles. The van der Waals surface area contributed by atoms with Crippen molar-refractivity contribution in [3.8, 4) is 0 Å². The van der Waals surface area contributed by atoms with Crippen molar-refractivity contribution in [3.63, 3.8) is 0 Å². The van der Waals surface area contributed by atoms with Crippen LogP contribution in [0.25, 0.3) is 11.0 Å². The maximum absolute atomic E-state index is 12.1. The Labute approximate surface area is 151 Å². The van der Waals surface area contributed by atoms with Crippen molar-refractivity contribution in [2.75, 3.05) is 5.75 Å². The quantitative estimate of drug-likeness (QED) is 0.578. The Morgan fingerprint density at radius 2 is 2.16 bits per heavy atom. The van der Waals surface area contributed by atoms with Crippen molar-refractivity contribution in [2.24, 2.45) is 0 Å². The lowest BCUT2D eigenvalue weighted by Gasteiger charge is -2.13. The summed E-state index contributed by atoms with van der Waals surface area (Å²) in [6.45, 7) is 4.56. The summed E-state index contributed by atoms with van der Waals surface area (Å²) in [5, 5.41) is 3.64. The molecule has 1 atom stereocenters. The monoisotopic (exact) mass is 361 g/mol. The number of hydrogen-bond donors (Lipinski definition) is 1. The van der Waals surface area contributed by atoms with Crippen LogP contribution in [0.2, 0.25) is 0 Å². The largest absolute Gasteiger partial charge is 0.452 e. The van der Waals surface area contributed by atoms with E-state index in [1.54, 1.807) is 6.92 Å². The number of aryl methyl sites for hydroxylation is 1. The first-order valence-corrected chi connectivity index (χ1v) is 9.65. The van der Waals surface area contributed by atoms with Gasteiger partial charge in [-0.2, -0.15) is 0 Å². The van der Waals surface area contributed by atoms with Crippen LogP contribution in [0.5, 0.6) is 0 Å². The normalized spacial score (nSPS) is 15.1. The molecule has 1 saturated carbocycles. The summed E-state index contributed by atoms with van der Waals surface area (Å²) in [5.74, 6) is -0.494. The highest BCUT2D eigenvalue weighted by Crippen LogP contribution is 2.24. The molecule has 0 spiro atoms. The number of imidazole rings is 1. The van der Waals surface area contributed by atoms with Crippen molar-refractivity contribution in [3.05, 3.63) is 24.3 Å². The van der Waals surface area contributed by atoms with Crippen molar-refractivity contribution < 1.29 is 14.3 Å². The highest BCUT2D eigenvalue weighted by molar-refractivity contribution is 7.99. The summed E-state index contributed by atoms with van der Waals surface area (Å²) >= 11 is 1.35. The SMILES string of the molecule is CCCn1c(SCC(=O)O[C@@H](C)C(=O)NC2CC2)nc2ccccc21. The van der Waals surface area contributed by atoms with Crippen molar-refractivity contribution >= 4 is 34.7 Å². The maximum atomic E-state index is 12.1. The number of carbonyl (C=O) groups is 2. The molecule has 1 heterocycles. The highest BCUT2D eigenvalue weighted by atomic mass is 32.2. The Hall–Kier alpha value is -2.02. The van der Waals surface area contributed by atoms with Gasteiger partial charge < -0.3 is 14.6 Å². The lowest BCUT2D eigenvalue weighted by atomic mass is 10.3. The Kier molecular flexibility index (Phi) is 5.63. The molecular weight excluding hydrogens is 338 g/mol. The number of esters is 1. The standard InChI is InChI=1S/C18H23N3O3S/c1-3-10-21-15-7-5-4-6-14(15)20-18(21)25-11-16(22)24-12(2)17(23)19-13-8-9-13/h4-7,12-13H,3,8-11H2,1-2H3,(H,19,23)/t12-/m0/s1. The fraction of sp³-hybridized carbons (Fsp3) is 0.500. The van der Waals surface area contributed by atoms with Gasteiger partial charge in [0.05, 0.1) is 16.8 Å². The first kappa shape index (κ1) is 17.8. The molecule has 134 valence electrons. The van der Waals surface area contributed by atoms with Gasteiger partial charge in [0.2, 0.25) is 0 Å². The Balaban J connectivity index is 1.58. The molecule has 1 aromatic carbocycles. The number of carbonyl (C=O) groups excluding carboxylic acids is 2. The van der Waals surface area contributed by atoms with Gasteiger partial charge in [-0.3, -0.25) is 9.59 Å². The molecule has 1 aromatic heterocycles. The number of aromatic nitrogens is 2. The number of benzene rings is 1. The van der Waals surface area contributed by atoms with Crippen molar-refractivity contribution in [1.82, 2.24) is 14.9 Å². The molecule has 1 amide bonds. The van der Waals surface area contributed by atoms with Gasteiger partial charge in [0.15, 0.2) is 11.3 Å². The number of fused-ring (bicyclic) bond motifs is 1. The lowest BCUT2D eigenvalue weighted by molar-refractivity contribution is -0.152. The summed E-state index contributed by atoms with van der Waals surface area (Å²) in [4.78, 5) is 28.5. The topological polar surface area (TPSA) is 73.2 Å². The van der Waals surface area contributed by atoms with E-state index in [4.69, 9.17) is 4.74 Å². The van der Waals surface area contributed by atoms with Crippen LogP contribution in [0.15, 0.2) is 29.4 Å². The van der Waals surface area contributed by atoms with Crippen LogP contribution in [0.3, 0.4) is 0 Å². The molecule has 7 heteroatoms. The second-order valence-electron chi connectivity index (χ2n) is 6.24. The van der Waals surface area contributed by atoms with Crippen LogP contribution < -0.4 is 5.32 Å². The zero-order chi connectivity index (χ0) is 17.8. The molecular formula is C18H23N3O3S. The average Bonchev–Trinajstić information content (AvgIpc) is 3.34. The van der Waals surface area contributed by atoms with E-state index in [0.717, 1.165) is 42.0 Å². The molecule has 0 unspecified atom stereocenters. The third-order valence-electron chi connectivity index (χ3n) is 3.99. The average molecular weight is 361 g/mol. The van der Waals surface area contributed by atoms with Gasteiger partial charge in [0.25, 0.3) is 5.91 Å². The van der Waals surface area contributed by atoms with Gasteiger partial charge in [0, 0.05) is 12.6 Å². The summed E-state index contributed by atoms with van der Waals surface area (Å²) in [7, 11) is 0. The third-order valence-corrected chi connectivity index (χ3v) is 4.94. The zero-order valence-electron chi connectivity index (χ0n) is 14.5. The summed E-state index contributed by atoms with van der Waals surface area (Å²) in [6.07, 6.45) is 2.24. The molecule has 2 aromatic rings. The second kappa shape index (κ2) is 7.91. The minimum Gasteiger partial charge on any atom is -0.452 e. The molecule has 1 N–H and O–H groups in total. The van der Waals surface area contributed by atoms with Crippen LogP contribution >= 0.6 is 11.8 Å². The van der Waals surface area contributed by atoms with E-state index in [9.17, 15) is 9.59 Å². The number of amides is 1. The van der Waals surface area contributed by atoms with Crippen LogP contribution in [0, 0.1) is 0 Å². The number of thioether (sulfide) groups is 1. The zero-order valence-corrected chi connectivity index (χ0v) is 15.3. The molecule has 0 saturated heterocycles. The van der Waals surface area contributed by atoms with E-state index in [1.165, 1.54) is 11.8 Å². The predicted molar refractivity (Wildman–Crippen MR) is 97.5 cm³/mol. The van der Waals surface area contributed by atoms with Crippen LogP contribution in [0.1, 0.15) is 33.1 Å². The Bertz CT molecular complexity index is 770. The first-order valence-electron chi connectivity index (χ1n) is 8.66. The smallest absolute Gasteiger partial charge is 0.317 e. The molecule has 0 radical (unpaired) electrons. The van der Waals surface area contributed by atoms with Crippen molar-refractivity contribution in [1.29, 1.82) is 0 Å². The van der Waals surface area contributed by atoms with Gasteiger partial charge in [-0.15, -0.1) is 0 Å². The van der Waals surface area contributed by atoms with E-state index in [1.807, 2.05) is 24.3 Å². The van der Waals surface area contributed by atoms with E-state index >= 15 is 0 Å². The predicted octanol–water partition coefficient (Wildman–Crippen LogP) is 2.75. The number of ether oxygens (including phenoxy) is 1. The fourth-order valence-electron chi connectivity index (χ4n) is 2.56. The second-order valence-corrected chi connectivity index (χ2v) is 7.18. The third kappa shape index (κ3) is 4.54. The lowest BCUT2D eigenvalue weighted by Crippen LogP contribution is -2.37. The minimum atomic E-state index is -0.761. The maximum Gasteiger partial charge on any atom is 0.317 e. The van der Waals surface area contributed by atoms with Crippen LogP contribution in [-0.4, -0.2) is 39.3 Å². The number of rotatable bonds is 8. The minimum absolute atomic E-state index is 0.133. The molecule has 1 fully saturated rings. The molecule has 3 rings (SSSR count). The fourth-order valence-corrected chi connectivity index (χ4v) is 3.38. The molecule has 6 nitrogen and oxygen atoms in total. The number of nitrogens with zero attached hydrogens (tertiary/aromatic N) is 2. The number of nitrogens with one attached hydrogen (secondary N) is 1. The van der Waals surface area contributed by atoms with Gasteiger partial charge >= 0.3 is 5.97 Å². The summed E-state index contributed by atoms with van der Waals surface area (Å²) in [5.41, 5.74) is 1.99. The Morgan fingerprint density at radius 3 is 2.88 bits per heavy atom. The van der Waals surface area contributed by atoms with Gasteiger partial charge in [0.1, 0.15) is 0 Å². The van der Waals surface area contributed by atoms with E-state index in [0.29, 0.717) is 0 Å². The van der Waals surface area contributed by atoms with Gasteiger partial charge in [-0.25, -0.2) is 4.98 Å². The summed E-state index contributed by atoms with van der Waals surface area (Å²) in [6, 6.07) is 8.20. The summed E-state index contributed by atoms with van der Waals surface area (Å²) < 4.78 is 7.35. The molecule has 1 aliphatic rings. The number of hydrogen-bond acceptors (Lipinski definition) is 5. The van der Waals surface area contributed by atoms with Gasteiger partial charge in [-0.1, -0.05) is 30.8 Å². The highest BCUT2D eigenvalue weighted by Gasteiger charge is 2.27. The first-order chi connectivity index (χ1) is 12.1.